The molecule has 0 aromatic carbocycles. The molecule has 0 fully saturated rings. The van der Waals surface area contributed by atoms with Crippen LogP contribution in [0.25, 0.3) is 0 Å². The van der Waals surface area contributed by atoms with E-state index in [0.29, 0.717) is 5.56 Å². The minimum absolute atomic E-state index is 0.0537. The van der Waals surface area contributed by atoms with Gasteiger partial charge < -0.3 is 9.67 Å². The molecule has 0 radical (unpaired) electrons. The van der Waals surface area contributed by atoms with E-state index < -0.39 is 0 Å². The highest BCUT2D eigenvalue weighted by atomic mass is 16.3. The summed E-state index contributed by atoms with van der Waals surface area (Å²) in [6.45, 7) is 5.97. The second kappa shape index (κ2) is 3.58. The highest BCUT2D eigenvalue weighted by Gasteiger charge is 2.17. The lowest BCUT2D eigenvalue weighted by Gasteiger charge is -2.22. The van der Waals surface area contributed by atoms with Crippen molar-refractivity contribution in [2.24, 2.45) is 7.05 Å². The van der Waals surface area contributed by atoms with Gasteiger partial charge in [0.25, 0.3) is 5.56 Å². The molecule has 0 saturated heterocycles. The lowest BCUT2D eigenvalue weighted by molar-refractivity contribution is 0.279. The van der Waals surface area contributed by atoms with Gasteiger partial charge in [-0.3, -0.25) is 4.79 Å². The van der Waals surface area contributed by atoms with Crippen LogP contribution in [0.4, 0.5) is 0 Å². The zero-order valence-corrected chi connectivity index (χ0v) is 9.16. The predicted molar refractivity (Wildman–Crippen MR) is 56.3 cm³/mol. The number of aliphatic hydroxyl groups excluding tert-OH is 1. The Morgan fingerprint density at radius 3 is 2.36 bits per heavy atom. The van der Waals surface area contributed by atoms with Gasteiger partial charge in [-0.05, 0) is 12.1 Å². The summed E-state index contributed by atoms with van der Waals surface area (Å²) in [5.74, 6) is 0. The second-order valence-electron chi connectivity index (χ2n) is 4.52. The van der Waals surface area contributed by atoms with Gasteiger partial charge in [-0.15, -0.1) is 0 Å². The average Bonchev–Trinajstić information content (AvgIpc) is 2.07. The monoisotopic (exact) mass is 195 g/mol. The molecule has 0 aliphatic heterocycles. The van der Waals surface area contributed by atoms with Crippen LogP contribution in [0.15, 0.2) is 16.9 Å². The Morgan fingerprint density at radius 1 is 1.36 bits per heavy atom. The maximum absolute atomic E-state index is 11.7. The number of rotatable bonds is 1. The van der Waals surface area contributed by atoms with Crippen LogP contribution in [0.1, 0.15) is 32.0 Å². The molecule has 0 bridgehead atoms. The molecule has 3 nitrogen and oxygen atoms in total. The number of hydrogen-bond donors (Lipinski definition) is 1. The first kappa shape index (κ1) is 11.0. The van der Waals surface area contributed by atoms with Crippen molar-refractivity contribution in [2.75, 3.05) is 0 Å². The summed E-state index contributed by atoms with van der Waals surface area (Å²) >= 11 is 0. The fourth-order valence-corrected chi connectivity index (χ4v) is 1.56. The molecular formula is C11H17NO2. The normalized spacial score (nSPS) is 11.8. The second-order valence-corrected chi connectivity index (χ2v) is 4.52. The predicted octanol–water partition coefficient (Wildman–Crippen LogP) is 1.18. The smallest absolute Gasteiger partial charge is 0.256 e. The Bertz CT molecular complexity index is 385. The van der Waals surface area contributed by atoms with E-state index >= 15 is 0 Å². The fourth-order valence-electron chi connectivity index (χ4n) is 1.56. The van der Waals surface area contributed by atoms with Crippen molar-refractivity contribution < 1.29 is 5.11 Å². The summed E-state index contributed by atoms with van der Waals surface area (Å²) in [6, 6.07) is 3.59. The molecule has 0 spiro atoms. The molecule has 1 heterocycles. The number of nitrogens with zero attached hydrogens (tertiary/aromatic N) is 1. The van der Waals surface area contributed by atoms with Crippen molar-refractivity contribution >= 4 is 0 Å². The summed E-state index contributed by atoms with van der Waals surface area (Å²) in [5, 5.41) is 8.92. The van der Waals surface area contributed by atoms with E-state index in [1.807, 2.05) is 6.07 Å². The standard InChI is InChI=1S/C11H17NO2/c1-11(2,3)9-6-5-8(7-13)10(14)12(9)4/h5-6,13H,7H2,1-4H3. The topological polar surface area (TPSA) is 42.2 Å². The molecule has 0 unspecified atom stereocenters. The first-order valence-corrected chi connectivity index (χ1v) is 4.68. The maximum Gasteiger partial charge on any atom is 0.256 e. The Morgan fingerprint density at radius 2 is 1.93 bits per heavy atom. The zero-order valence-electron chi connectivity index (χ0n) is 9.16. The number of pyridine rings is 1. The van der Waals surface area contributed by atoms with Gasteiger partial charge in [0.05, 0.1) is 6.61 Å². The Balaban J connectivity index is 3.40. The van der Waals surface area contributed by atoms with Gasteiger partial charge in [0.15, 0.2) is 0 Å². The van der Waals surface area contributed by atoms with Crippen molar-refractivity contribution in [3.05, 3.63) is 33.7 Å². The Labute approximate surface area is 84.0 Å². The van der Waals surface area contributed by atoms with E-state index in [2.05, 4.69) is 20.8 Å². The highest BCUT2D eigenvalue weighted by molar-refractivity contribution is 5.20. The maximum atomic E-state index is 11.7. The van der Waals surface area contributed by atoms with E-state index in [1.54, 1.807) is 17.7 Å². The lowest BCUT2D eigenvalue weighted by Crippen LogP contribution is -2.29. The van der Waals surface area contributed by atoms with Crippen LogP contribution in [0.5, 0.6) is 0 Å². The van der Waals surface area contributed by atoms with E-state index in [4.69, 9.17) is 5.11 Å². The van der Waals surface area contributed by atoms with Gasteiger partial charge in [0.1, 0.15) is 0 Å². The van der Waals surface area contributed by atoms with Gasteiger partial charge in [-0.2, -0.15) is 0 Å². The van der Waals surface area contributed by atoms with Crippen LogP contribution in [0.2, 0.25) is 0 Å². The number of aromatic nitrogens is 1. The van der Waals surface area contributed by atoms with Crippen molar-refractivity contribution in [1.29, 1.82) is 0 Å². The van der Waals surface area contributed by atoms with Crippen LogP contribution >= 0.6 is 0 Å². The van der Waals surface area contributed by atoms with Crippen molar-refractivity contribution in [1.82, 2.24) is 4.57 Å². The van der Waals surface area contributed by atoms with Gasteiger partial charge in [-0.25, -0.2) is 0 Å². The van der Waals surface area contributed by atoms with Crippen molar-refractivity contribution in [3.8, 4) is 0 Å². The van der Waals surface area contributed by atoms with Crippen molar-refractivity contribution in [2.45, 2.75) is 32.8 Å². The summed E-state index contributed by atoms with van der Waals surface area (Å²) in [4.78, 5) is 11.7. The summed E-state index contributed by atoms with van der Waals surface area (Å²) in [5.41, 5.74) is 1.25. The quantitative estimate of drug-likeness (QED) is 0.731. The summed E-state index contributed by atoms with van der Waals surface area (Å²) < 4.78 is 1.60. The SMILES string of the molecule is Cn1c(C(C)(C)C)ccc(CO)c1=O. The van der Waals surface area contributed by atoms with Gasteiger partial charge >= 0.3 is 0 Å². The molecule has 1 aromatic rings. The zero-order chi connectivity index (χ0) is 10.9. The van der Waals surface area contributed by atoms with Gasteiger partial charge in [0.2, 0.25) is 0 Å². The molecule has 1 rings (SSSR count). The van der Waals surface area contributed by atoms with E-state index in [0.717, 1.165) is 5.69 Å². The molecule has 3 heteroatoms. The van der Waals surface area contributed by atoms with Crippen molar-refractivity contribution in [3.63, 3.8) is 0 Å². The fraction of sp³-hybridized carbons (Fsp3) is 0.545. The summed E-state index contributed by atoms with van der Waals surface area (Å²) in [6.07, 6.45) is 0. The number of aliphatic hydroxyl groups is 1. The van der Waals surface area contributed by atoms with Crippen LogP contribution in [-0.4, -0.2) is 9.67 Å². The van der Waals surface area contributed by atoms with E-state index in [1.165, 1.54) is 0 Å². The third kappa shape index (κ3) is 1.87. The third-order valence-corrected chi connectivity index (χ3v) is 2.32. The molecule has 0 aliphatic carbocycles. The summed E-state index contributed by atoms with van der Waals surface area (Å²) in [7, 11) is 1.74. The van der Waals surface area contributed by atoms with E-state index in [9.17, 15) is 4.79 Å². The molecule has 0 amide bonds. The first-order chi connectivity index (χ1) is 6.38. The number of hydrogen-bond acceptors (Lipinski definition) is 2. The van der Waals surface area contributed by atoms with Crippen LogP contribution in [0.3, 0.4) is 0 Å². The average molecular weight is 195 g/mol. The largest absolute Gasteiger partial charge is 0.391 e. The molecule has 0 atom stereocenters. The van der Waals surface area contributed by atoms with Gasteiger partial charge in [0, 0.05) is 23.7 Å². The molecular weight excluding hydrogens is 178 g/mol. The first-order valence-electron chi connectivity index (χ1n) is 4.68. The Hall–Kier alpha value is -1.09. The molecule has 78 valence electrons. The molecule has 0 saturated carbocycles. The van der Waals surface area contributed by atoms with Gasteiger partial charge in [-0.1, -0.05) is 20.8 Å². The van der Waals surface area contributed by atoms with Crippen LogP contribution < -0.4 is 5.56 Å². The van der Waals surface area contributed by atoms with E-state index in [-0.39, 0.29) is 17.6 Å². The molecule has 1 N–H and O–H groups in total. The third-order valence-electron chi connectivity index (χ3n) is 2.32. The minimum atomic E-state index is -0.197. The molecule has 1 aromatic heterocycles. The Kier molecular flexibility index (Phi) is 2.81. The minimum Gasteiger partial charge on any atom is -0.391 e. The highest BCUT2D eigenvalue weighted by Crippen LogP contribution is 2.20. The van der Waals surface area contributed by atoms with Crippen LogP contribution in [0, 0.1) is 0 Å². The molecule has 0 aliphatic rings. The lowest BCUT2D eigenvalue weighted by atomic mass is 9.91. The molecule has 14 heavy (non-hydrogen) atoms. The van der Waals surface area contributed by atoms with Crippen LogP contribution in [-0.2, 0) is 19.1 Å².